The molecule has 2 unspecified atom stereocenters. The van der Waals surface area contributed by atoms with Gasteiger partial charge in [0.25, 0.3) is 0 Å². The normalized spacial score (nSPS) is 51.5. The van der Waals surface area contributed by atoms with E-state index in [0.717, 1.165) is 0 Å². The Balaban J connectivity index is 2.69. The molecule has 0 aromatic carbocycles. The van der Waals surface area contributed by atoms with Crippen molar-refractivity contribution in [2.24, 2.45) is 0 Å². The van der Waals surface area contributed by atoms with Crippen LogP contribution < -0.4 is 0 Å². The van der Waals surface area contributed by atoms with Crippen molar-refractivity contribution < 1.29 is 25.2 Å². The van der Waals surface area contributed by atoms with Crippen molar-refractivity contribution in [1.29, 1.82) is 0 Å². The molecule has 66 valence electrons. The molecule has 0 aromatic rings. The van der Waals surface area contributed by atoms with Crippen LogP contribution in [0.2, 0.25) is 0 Å². The number of aliphatic hydroxyl groups excluding tert-OH is 3. The maximum Gasteiger partial charge on any atom is 0.192 e. The van der Waals surface area contributed by atoms with Gasteiger partial charge in [-0.2, -0.15) is 0 Å². The Morgan fingerprint density at radius 2 is 2.00 bits per heavy atom. The Kier molecular flexibility index (Phi) is 2.17. The predicted molar refractivity (Wildman–Crippen MR) is 34.6 cm³/mol. The first kappa shape index (κ1) is 8.89. The van der Waals surface area contributed by atoms with E-state index >= 15 is 0 Å². The molecule has 1 aliphatic heterocycles. The molecule has 0 aromatic heterocycles. The SMILES string of the molecule is CC1(O)O[C@H](CO)[C@H](O)C1O. The Bertz CT molecular complexity index is 146. The fourth-order valence-electron chi connectivity index (χ4n) is 1.11. The van der Waals surface area contributed by atoms with Crippen LogP contribution in [-0.4, -0.2) is 51.1 Å². The summed E-state index contributed by atoms with van der Waals surface area (Å²) >= 11 is 0. The van der Waals surface area contributed by atoms with Gasteiger partial charge in [-0.25, -0.2) is 0 Å². The van der Waals surface area contributed by atoms with Crippen molar-refractivity contribution in [2.75, 3.05) is 6.61 Å². The summed E-state index contributed by atoms with van der Waals surface area (Å²) in [4.78, 5) is 0. The van der Waals surface area contributed by atoms with E-state index in [9.17, 15) is 5.11 Å². The van der Waals surface area contributed by atoms with E-state index < -0.39 is 30.7 Å². The van der Waals surface area contributed by atoms with E-state index in [-0.39, 0.29) is 0 Å². The first-order chi connectivity index (χ1) is 4.99. The third-order valence-electron chi connectivity index (χ3n) is 1.82. The van der Waals surface area contributed by atoms with Crippen molar-refractivity contribution in [3.8, 4) is 0 Å². The minimum Gasteiger partial charge on any atom is -0.394 e. The summed E-state index contributed by atoms with van der Waals surface area (Å²) in [5.74, 6) is -1.76. The maximum atomic E-state index is 9.19. The highest BCUT2D eigenvalue weighted by Crippen LogP contribution is 2.27. The smallest absolute Gasteiger partial charge is 0.192 e. The van der Waals surface area contributed by atoms with Crippen LogP contribution >= 0.6 is 0 Å². The highest BCUT2D eigenvalue weighted by atomic mass is 16.7. The molecule has 1 rings (SSSR count). The molecule has 5 nitrogen and oxygen atoms in total. The van der Waals surface area contributed by atoms with Crippen molar-refractivity contribution in [1.82, 2.24) is 0 Å². The van der Waals surface area contributed by atoms with Gasteiger partial charge in [-0.3, -0.25) is 0 Å². The zero-order chi connectivity index (χ0) is 8.65. The molecule has 0 bridgehead atoms. The lowest BCUT2D eigenvalue weighted by Crippen LogP contribution is -2.40. The fraction of sp³-hybridized carbons (Fsp3) is 1.00. The molecule has 1 heterocycles. The lowest BCUT2D eigenvalue weighted by molar-refractivity contribution is -0.217. The second kappa shape index (κ2) is 2.69. The number of aliphatic hydroxyl groups is 4. The standard InChI is InChI=1S/C6H12O5/c1-6(10)5(9)4(8)3(2-7)11-6/h3-5,7-10H,2H2,1H3/t3-,4+,5?,6?/m1/s1. The van der Waals surface area contributed by atoms with Gasteiger partial charge in [-0.1, -0.05) is 0 Å². The molecule has 1 fully saturated rings. The fourth-order valence-corrected chi connectivity index (χ4v) is 1.11. The van der Waals surface area contributed by atoms with Gasteiger partial charge in [0.1, 0.15) is 18.3 Å². The average Bonchev–Trinajstić information content (AvgIpc) is 2.13. The summed E-state index contributed by atoms with van der Waals surface area (Å²) in [6.45, 7) is 0.810. The number of ether oxygens (including phenoxy) is 1. The van der Waals surface area contributed by atoms with Gasteiger partial charge in [0, 0.05) is 0 Å². The molecule has 0 spiro atoms. The van der Waals surface area contributed by atoms with E-state index in [0.29, 0.717) is 0 Å². The van der Waals surface area contributed by atoms with Gasteiger partial charge in [-0.05, 0) is 6.92 Å². The summed E-state index contributed by atoms with van der Waals surface area (Å²) < 4.78 is 4.73. The summed E-state index contributed by atoms with van der Waals surface area (Å²) in [6, 6.07) is 0. The highest BCUT2D eigenvalue weighted by molar-refractivity contribution is 4.92. The minimum atomic E-state index is -1.76. The zero-order valence-corrected chi connectivity index (χ0v) is 6.14. The highest BCUT2D eigenvalue weighted by Gasteiger charge is 2.49. The molecule has 11 heavy (non-hydrogen) atoms. The van der Waals surface area contributed by atoms with Crippen LogP contribution in [0.5, 0.6) is 0 Å². The molecule has 0 aliphatic carbocycles. The summed E-state index contributed by atoms with van der Waals surface area (Å²) in [5, 5.41) is 36.0. The molecule has 0 saturated carbocycles. The van der Waals surface area contributed by atoms with Crippen LogP contribution in [0.4, 0.5) is 0 Å². The summed E-state index contributed by atoms with van der Waals surface area (Å²) in [7, 11) is 0. The lowest BCUT2D eigenvalue weighted by atomic mass is 10.1. The van der Waals surface area contributed by atoms with Crippen LogP contribution in [-0.2, 0) is 4.74 Å². The van der Waals surface area contributed by atoms with Gasteiger partial charge < -0.3 is 25.2 Å². The molecule has 5 heteroatoms. The largest absolute Gasteiger partial charge is 0.394 e. The Morgan fingerprint density at radius 1 is 1.45 bits per heavy atom. The first-order valence-electron chi connectivity index (χ1n) is 3.36. The van der Waals surface area contributed by atoms with Gasteiger partial charge in [0.15, 0.2) is 5.79 Å². The van der Waals surface area contributed by atoms with Crippen LogP contribution in [0.1, 0.15) is 6.92 Å². The molecular weight excluding hydrogens is 152 g/mol. The second-order valence-electron chi connectivity index (χ2n) is 2.83. The van der Waals surface area contributed by atoms with Crippen LogP contribution in [0.15, 0.2) is 0 Å². The van der Waals surface area contributed by atoms with E-state index in [1.54, 1.807) is 0 Å². The Labute approximate surface area is 63.8 Å². The minimum absolute atomic E-state index is 0.422. The Morgan fingerprint density at radius 3 is 2.18 bits per heavy atom. The van der Waals surface area contributed by atoms with Gasteiger partial charge in [0.2, 0.25) is 0 Å². The van der Waals surface area contributed by atoms with Crippen molar-refractivity contribution in [2.45, 2.75) is 31.0 Å². The Hall–Kier alpha value is -0.200. The number of hydrogen-bond acceptors (Lipinski definition) is 5. The number of hydrogen-bond donors (Lipinski definition) is 4. The monoisotopic (exact) mass is 164 g/mol. The van der Waals surface area contributed by atoms with E-state index in [1.807, 2.05) is 0 Å². The molecule has 1 saturated heterocycles. The lowest BCUT2D eigenvalue weighted by Gasteiger charge is -2.19. The predicted octanol–water partition coefficient (Wildman–Crippen LogP) is -2.19. The summed E-state index contributed by atoms with van der Waals surface area (Å²) in [6.07, 6.45) is -3.49. The third-order valence-corrected chi connectivity index (χ3v) is 1.82. The van der Waals surface area contributed by atoms with Crippen LogP contribution in [0.25, 0.3) is 0 Å². The molecule has 0 amide bonds. The van der Waals surface area contributed by atoms with Crippen LogP contribution in [0, 0.1) is 0 Å². The van der Waals surface area contributed by atoms with Gasteiger partial charge >= 0.3 is 0 Å². The third kappa shape index (κ3) is 1.38. The van der Waals surface area contributed by atoms with E-state index in [1.165, 1.54) is 6.92 Å². The molecular formula is C6H12O5. The van der Waals surface area contributed by atoms with Crippen molar-refractivity contribution in [3.63, 3.8) is 0 Å². The van der Waals surface area contributed by atoms with Crippen LogP contribution in [0.3, 0.4) is 0 Å². The van der Waals surface area contributed by atoms with Gasteiger partial charge in [0.05, 0.1) is 6.61 Å². The van der Waals surface area contributed by atoms with Crippen molar-refractivity contribution >= 4 is 0 Å². The first-order valence-corrected chi connectivity index (χ1v) is 3.36. The maximum absolute atomic E-state index is 9.19. The molecule has 4 atom stereocenters. The molecule has 1 aliphatic rings. The van der Waals surface area contributed by atoms with Gasteiger partial charge in [-0.15, -0.1) is 0 Å². The van der Waals surface area contributed by atoms with E-state index in [2.05, 4.69) is 0 Å². The summed E-state index contributed by atoms with van der Waals surface area (Å²) in [5.41, 5.74) is 0. The zero-order valence-electron chi connectivity index (χ0n) is 6.14. The second-order valence-corrected chi connectivity index (χ2v) is 2.83. The topological polar surface area (TPSA) is 90.2 Å². The molecule has 0 radical (unpaired) electrons. The average molecular weight is 164 g/mol. The quantitative estimate of drug-likeness (QED) is 0.353. The van der Waals surface area contributed by atoms with E-state index in [4.69, 9.17) is 20.1 Å². The number of rotatable bonds is 1. The molecule has 4 N–H and O–H groups in total. The van der Waals surface area contributed by atoms with Crippen molar-refractivity contribution in [3.05, 3.63) is 0 Å².